The third-order valence-electron chi connectivity index (χ3n) is 4.36. The van der Waals surface area contributed by atoms with E-state index in [0.29, 0.717) is 11.5 Å². The van der Waals surface area contributed by atoms with E-state index in [9.17, 15) is 4.79 Å². The van der Waals surface area contributed by atoms with Crippen LogP contribution in [0.3, 0.4) is 0 Å². The van der Waals surface area contributed by atoms with Gasteiger partial charge in [0.15, 0.2) is 11.5 Å². The number of hydrogen-bond acceptors (Lipinski definition) is 6. The summed E-state index contributed by atoms with van der Waals surface area (Å²) in [6, 6.07) is 11.0. The van der Waals surface area contributed by atoms with Crippen molar-refractivity contribution in [2.45, 2.75) is 6.92 Å². The molecular formula is C18H23N5O2. The van der Waals surface area contributed by atoms with Gasteiger partial charge in [0.1, 0.15) is 5.75 Å². The Kier molecular flexibility index (Phi) is 5.45. The van der Waals surface area contributed by atoms with Crippen molar-refractivity contribution in [1.29, 1.82) is 0 Å². The number of ether oxygens (including phenoxy) is 1. The summed E-state index contributed by atoms with van der Waals surface area (Å²) in [5.41, 5.74) is 1.17. The molecule has 1 saturated heterocycles. The van der Waals surface area contributed by atoms with Crippen LogP contribution in [0.4, 0.5) is 11.5 Å². The molecule has 7 nitrogen and oxygen atoms in total. The molecular weight excluding hydrogens is 318 g/mol. The molecule has 2 heterocycles. The van der Waals surface area contributed by atoms with Gasteiger partial charge in [-0.25, -0.2) is 0 Å². The maximum atomic E-state index is 12.5. The molecule has 0 radical (unpaired) electrons. The highest BCUT2D eigenvalue weighted by Crippen LogP contribution is 2.25. The summed E-state index contributed by atoms with van der Waals surface area (Å²) < 4.78 is 5.30. The molecule has 132 valence electrons. The monoisotopic (exact) mass is 341 g/mol. The molecule has 0 saturated carbocycles. The van der Waals surface area contributed by atoms with E-state index in [-0.39, 0.29) is 5.91 Å². The van der Waals surface area contributed by atoms with Crippen LogP contribution in [0.5, 0.6) is 5.75 Å². The van der Waals surface area contributed by atoms with Gasteiger partial charge in [0, 0.05) is 26.2 Å². The van der Waals surface area contributed by atoms with E-state index in [1.54, 1.807) is 19.2 Å². The van der Waals surface area contributed by atoms with Crippen LogP contribution in [0.1, 0.15) is 17.4 Å². The number of carbonyl (C=O) groups excluding carboxylic acids is 1. The summed E-state index contributed by atoms with van der Waals surface area (Å²) >= 11 is 0. The van der Waals surface area contributed by atoms with Crippen LogP contribution in [0.2, 0.25) is 0 Å². The molecule has 1 aliphatic heterocycles. The summed E-state index contributed by atoms with van der Waals surface area (Å²) in [6.07, 6.45) is 0. The van der Waals surface area contributed by atoms with Gasteiger partial charge in [-0.3, -0.25) is 4.79 Å². The van der Waals surface area contributed by atoms with Crippen LogP contribution in [-0.4, -0.2) is 65.7 Å². The number of benzene rings is 1. The van der Waals surface area contributed by atoms with Crippen molar-refractivity contribution >= 4 is 17.4 Å². The molecule has 25 heavy (non-hydrogen) atoms. The average Bonchev–Trinajstić information content (AvgIpc) is 2.68. The number of aromatic nitrogens is 2. The minimum Gasteiger partial charge on any atom is -0.495 e. The molecule has 0 bridgehead atoms. The maximum Gasteiger partial charge on any atom is 0.274 e. The molecule has 0 spiro atoms. The second-order valence-corrected chi connectivity index (χ2v) is 5.86. The number of carbonyl (C=O) groups is 1. The van der Waals surface area contributed by atoms with Crippen molar-refractivity contribution < 1.29 is 9.53 Å². The van der Waals surface area contributed by atoms with Gasteiger partial charge < -0.3 is 19.9 Å². The quantitative estimate of drug-likeness (QED) is 0.897. The van der Waals surface area contributed by atoms with Crippen molar-refractivity contribution in [3.8, 4) is 5.75 Å². The molecule has 0 unspecified atom stereocenters. The largest absolute Gasteiger partial charge is 0.495 e. The lowest BCUT2D eigenvalue weighted by atomic mass is 10.2. The number of rotatable bonds is 5. The zero-order chi connectivity index (χ0) is 17.6. The molecule has 0 atom stereocenters. The number of nitrogens with one attached hydrogen (secondary N) is 1. The van der Waals surface area contributed by atoms with Gasteiger partial charge in [0.05, 0.1) is 12.8 Å². The second kappa shape index (κ2) is 7.94. The van der Waals surface area contributed by atoms with E-state index in [1.807, 2.05) is 29.2 Å². The van der Waals surface area contributed by atoms with E-state index in [2.05, 4.69) is 27.3 Å². The van der Waals surface area contributed by atoms with Crippen LogP contribution < -0.4 is 10.1 Å². The fourth-order valence-corrected chi connectivity index (χ4v) is 2.83. The molecule has 1 aromatic heterocycles. The first kappa shape index (κ1) is 17.2. The smallest absolute Gasteiger partial charge is 0.274 e. The first-order valence-corrected chi connectivity index (χ1v) is 8.46. The van der Waals surface area contributed by atoms with Gasteiger partial charge >= 0.3 is 0 Å². The average molecular weight is 341 g/mol. The summed E-state index contributed by atoms with van der Waals surface area (Å²) in [5, 5.41) is 11.4. The SMILES string of the molecule is CCN1CCN(C(=O)c2ccc(Nc3ccccc3OC)nn2)CC1. The van der Waals surface area contributed by atoms with E-state index in [4.69, 9.17) is 4.74 Å². The molecule has 1 fully saturated rings. The van der Waals surface area contributed by atoms with Gasteiger partial charge in [-0.1, -0.05) is 19.1 Å². The first-order chi connectivity index (χ1) is 12.2. The number of likely N-dealkylation sites (N-methyl/N-ethyl adjacent to an activating group) is 1. The summed E-state index contributed by atoms with van der Waals surface area (Å²) in [7, 11) is 1.62. The van der Waals surface area contributed by atoms with Gasteiger partial charge in [0.2, 0.25) is 0 Å². The summed E-state index contributed by atoms with van der Waals surface area (Å²) in [6.45, 7) is 6.43. The fraction of sp³-hybridized carbons (Fsp3) is 0.389. The molecule has 1 amide bonds. The third-order valence-corrected chi connectivity index (χ3v) is 4.36. The number of methoxy groups -OCH3 is 1. The van der Waals surface area contributed by atoms with E-state index >= 15 is 0 Å². The lowest BCUT2D eigenvalue weighted by Gasteiger charge is -2.33. The molecule has 7 heteroatoms. The number of piperazine rings is 1. The topological polar surface area (TPSA) is 70.6 Å². The standard InChI is InChI=1S/C18H23N5O2/c1-3-22-10-12-23(13-11-22)18(24)15-8-9-17(21-20-15)19-14-6-4-5-7-16(14)25-2/h4-9H,3,10-13H2,1-2H3,(H,19,21). The van der Waals surface area contributed by atoms with Crippen LogP contribution in [-0.2, 0) is 0 Å². The molecule has 0 aliphatic carbocycles. The lowest BCUT2D eigenvalue weighted by molar-refractivity contribution is 0.0636. The highest BCUT2D eigenvalue weighted by Gasteiger charge is 2.22. The Labute approximate surface area is 147 Å². The van der Waals surface area contributed by atoms with Crippen LogP contribution in [0.25, 0.3) is 0 Å². The van der Waals surface area contributed by atoms with Crippen molar-refractivity contribution in [2.24, 2.45) is 0 Å². The Morgan fingerprint density at radius 2 is 1.88 bits per heavy atom. The van der Waals surface area contributed by atoms with Gasteiger partial charge in [-0.15, -0.1) is 10.2 Å². The minimum atomic E-state index is -0.0629. The highest BCUT2D eigenvalue weighted by atomic mass is 16.5. The molecule has 3 rings (SSSR count). The van der Waals surface area contributed by atoms with Crippen molar-refractivity contribution in [1.82, 2.24) is 20.0 Å². The van der Waals surface area contributed by atoms with Crippen molar-refractivity contribution in [3.63, 3.8) is 0 Å². The maximum absolute atomic E-state index is 12.5. The Bertz CT molecular complexity index is 712. The molecule has 1 N–H and O–H groups in total. The van der Waals surface area contributed by atoms with Gasteiger partial charge in [-0.05, 0) is 30.8 Å². The Hall–Kier alpha value is -2.67. The number of amides is 1. The zero-order valence-electron chi connectivity index (χ0n) is 14.6. The molecule has 1 aromatic carbocycles. The predicted molar refractivity (Wildman–Crippen MR) is 96.3 cm³/mol. The van der Waals surface area contributed by atoms with E-state index in [0.717, 1.165) is 44.2 Å². The van der Waals surface area contributed by atoms with Crippen LogP contribution >= 0.6 is 0 Å². The minimum absolute atomic E-state index is 0.0629. The Morgan fingerprint density at radius 3 is 2.52 bits per heavy atom. The Morgan fingerprint density at radius 1 is 1.12 bits per heavy atom. The van der Waals surface area contributed by atoms with Crippen molar-refractivity contribution in [2.75, 3.05) is 45.2 Å². The van der Waals surface area contributed by atoms with Gasteiger partial charge in [-0.2, -0.15) is 0 Å². The number of para-hydroxylation sites is 2. The lowest BCUT2D eigenvalue weighted by Crippen LogP contribution is -2.48. The molecule has 2 aromatic rings. The summed E-state index contributed by atoms with van der Waals surface area (Å²) in [4.78, 5) is 16.7. The predicted octanol–water partition coefficient (Wildman–Crippen LogP) is 2.01. The highest BCUT2D eigenvalue weighted by molar-refractivity contribution is 5.92. The zero-order valence-corrected chi connectivity index (χ0v) is 14.6. The number of nitrogens with zero attached hydrogens (tertiary/aromatic N) is 4. The van der Waals surface area contributed by atoms with Crippen LogP contribution in [0, 0.1) is 0 Å². The summed E-state index contributed by atoms with van der Waals surface area (Å²) in [5.74, 6) is 1.22. The second-order valence-electron chi connectivity index (χ2n) is 5.86. The fourth-order valence-electron chi connectivity index (χ4n) is 2.83. The molecule has 1 aliphatic rings. The van der Waals surface area contributed by atoms with Gasteiger partial charge in [0.25, 0.3) is 5.91 Å². The number of hydrogen-bond donors (Lipinski definition) is 1. The Balaban J connectivity index is 1.65. The van der Waals surface area contributed by atoms with E-state index < -0.39 is 0 Å². The van der Waals surface area contributed by atoms with Crippen LogP contribution in [0.15, 0.2) is 36.4 Å². The van der Waals surface area contributed by atoms with Crippen molar-refractivity contribution in [3.05, 3.63) is 42.1 Å². The van der Waals surface area contributed by atoms with E-state index in [1.165, 1.54) is 0 Å². The normalized spacial score (nSPS) is 15.0. The first-order valence-electron chi connectivity index (χ1n) is 8.46. The third kappa shape index (κ3) is 4.06. The number of anilines is 2.